The molecule has 0 bridgehead atoms. The molecule has 2 N–H and O–H groups in total. The summed E-state index contributed by atoms with van der Waals surface area (Å²) in [6.07, 6.45) is 0. The molecule has 0 amide bonds. The molecule has 0 aliphatic carbocycles. The average Bonchev–Trinajstić information content (AvgIpc) is 2.74. The highest BCUT2D eigenvalue weighted by Crippen LogP contribution is 2.29. The zero-order valence-corrected chi connectivity index (χ0v) is 16.6. The van der Waals surface area contributed by atoms with Crippen LogP contribution in [-0.4, -0.2) is 28.2 Å². The second kappa shape index (κ2) is 7.61. The molecular weight excluding hydrogens is 372 g/mol. The van der Waals surface area contributed by atoms with E-state index in [1.165, 1.54) is 5.56 Å². The van der Waals surface area contributed by atoms with Crippen molar-refractivity contribution >= 4 is 18.0 Å². The molecule has 2 heterocycles. The van der Waals surface area contributed by atoms with Crippen LogP contribution in [-0.2, 0) is 6.54 Å². The van der Waals surface area contributed by atoms with Gasteiger partial charge in [-0.25, -0.2) is 0 Å². The number of ether oxygens (including phenoxy) is 1. The molecule has 1 atom stereocenters. The van der Waals surface area contributed by atoms with E-state index < -0.39 is 0 Å². The van der Waals surface area contributed by atoms with Crippen molar-refractivity contribution in [1.82, 2.24) is 14.5 Å². The molecule has 0 fully saturated rings. The Labute approximate surface area is 168 Å². The summed E-state index contributed by atoms with van der Waals surface area (Å²) < 4.78 is 7.47. The summed E-state index contributed by atoms with van der Waals surface area (Å²) >= 11 is 5.45. The first-order valence-corrected chi connectivity index (χ1v) is 9.55. The van der Waals surface area contributed by atoms with Crippen LogP contribution in [0, 0.1) is 4.77 Å². The van der Waals surface area contributed by atoms with E-state index in [1.54, 1.807) is 7.11 Å². The maximum Gasteiger partial charge on any atom is 0.258 e. The third kappa shape index (κ3) is 3.34. The number of aromatic amines is 1. The average molecular weight is 395 g/mol. The summed E-state index contributed by atoms with van der Waals surface area (Å²) in [5, 5.41) is 3.41. The molecule has 0 radical (unpaired) electrons. The van der Waals surface area contributed by atoms with Crippen LogP contribution in [0.2, 0.25) is 0 Å². The van der Waals surface area contributed by atoms with Crippen molar-refractivity contribution in [3.8, 4) is 11.4 Å². The lowest BCUT2D eigenvalue weighted by atomic mass is 10.1. The third-order valence-electron chi connectivity index (χ3n) is 5.18. The van der Waals surface area contributed by atoms with E-state index in [0.717, 1.165) is 17.3 Å². The minimum Gasteiger partial charge on any atom is -0.497 e. The normalized spacial score (nSPS) is 14.8. The van der Waals surface area contributed by atoms with E-state index in [2.05, 4.69) is 34.3 Å². The van der Waals surface area contributed by atoms with Gasteiger partial charge in [-0.05, 0) is 49.0 Å². The third-order valence-corrected chi connectivity index (χ3v) is 5.46. The van der Waals surface area contributed by atoms with Gasteiger partial charge in [0.25, 0.3) is 5.56 Å². The molecule has 1 unspecified atom stereocenters. The fourth-order valence-corrected chi connectivity index (χ4v) is 3.82. The Morgan fingerprint density at radius 3 is 2.50 bits per heavy atom. The van der Waals surface area contributed by atoms with Gasteiger partial charge in [-0.1, -0.05) is 30.3 Å². The van der Waals surface area contributed by atoms with Gasteiger partial charge in [-0.15, -0.1) is 0 Å². The molecule has 0 saturated carbocycles. The van der Waals surface area contributed by atoms with E-state index >= 15 is 0 Å². The van der Waals surface area contributed by atoms with Crippen LogP contribution < -0.4 is 15.6 Å². The Morgan fingerprint density at radius 2 is 1.82 bits per heavy atom. The molecule has 2 aromatic carbocycles. The number of hydrogen-bond donors (Lipinski definition) is 2. The number of aromatic nitrogens is 2. The van der Waals surface area contributed by atoms with Crippen LogP contribution in [0.25, 0.3) is 5.69 Å². The number of benzene rings is 2. The molecule has 3 aromatic rings. The quantitative estimate of drug-likeness (QED) is 0.658. The Kier molecular flexibility index (Phi) is 5.02. The predicted molar refractivity (Wildman–Crippen MR) is 113 cm³/mol. The number of fused-ring (bicyclic) bond motifs is 1. The van der Waals surface area contributed by atoms with Crippen molar-refractivity contribution in [3.63, 3.8) is 0 Å². The predicted octanol–water partition coefficient (Wildman–Crippen LogP) is 3.85. The lowest BCUT2D eigenvalue weighted by Crippen LogP contribution is -2.40. The lowest BCUT2D eigenvalue weighted by Gasteiger charge is -2.35. The van der Waals surface area contributed by atoms with E-state index in [0.29, 0.717) is 23.5 Å². The van der Waals surface area contributed by atoms with Crippen molar-refractivity contribution in [2.24, 2.45) is 0 Å². The number of methoxy groups -OCH3 is 1. The smallest absolute Gasteiger partial charge is 0.258 e. The summed E-state index contributed by atoms with van der Waals surface area (Å²) in [6, 6.07) is 18.1. The molecule has 28 heavy (non-hydrogen) atoms. The van der Waals surface area contributed by atoms with Gasteiger partial charge >= 0.3 is 0 Å². The van der Waals surface area contributed by atoms with Gasteiger partial charge in [0.1, 0.15) is 11.6 Å². The standard InChI is InChI=1S/C21H22N4O2S/c1-14(15-6-4-3-5-7-15)24-12-18-19(22-13-24)25(21(28)23-20(18)26)16-8-10-17(27-2)11-9-16/h3-11,14,22H,12-13H2,1-2H3,(H,23,26,28). The van der Waals surface area contributed by atoms with Crippen molar-refractivity contribution in [2.75, 3.05) is 19.1 Å². The van der Waals surface area contributed by atoms with E-state index in [9.17, 15) is 4.79 Å². The van der Waals surface area contributed by atoms with Crippen LogP contribution in [0.4, 0.5) is 5.82 Å². The largest absolute Gasteiger partial charge is 0.497 e. The number of nitrogens with one attached hydrogen (secondary N) is 2. The minimum atomic E-state index is -0.151. The summed E-state index contributed by atoms with van der Waals surface area (Å²) in [5.41, 5.74) is 2.61. The first kappa shape index (κ1) is 18.5. The SMILES string of the molecule is COc1ccc(-n2c3c(c(=O)[nH]c2=S)CN(C(C)c2ccccc2)CN3)cc1. The molecule has 1 aromatic heterocycles. The summed E-state index contributed by atoms with van der Waals surface area (Å²) in [5.74, 6) is 1.51. The monoisotopic (exact) mass is 394 g/mol. The number of hydrogen-bond acceptors (Lipinski definition) is 5. The zero-order valence-electron chi connectivity index (χ0n) is 15.8. The number of H-pyrrole nitrogens is 1. The molecule has 144 valence electrons. The number of anilines is 1. The maximum absolute atomic E-state index is 12.7. The Morgan fingerprint density at radius 1 is 1.11 bits per heavy atom. The van der Waals surface area contributed by atoms with Crippen LogP contribution in [0.15, 0.2) is 59.4 Å². The topological polar surface area (TPSA) is 62.3 Å². The Balaban J connectivity index is 1.72. The van der Waals surface area contributed by atoms with Gasteiger partial charge in [0.2, 0.25) is 0 Å². The summed E-state index contributed by atoms with van der Waals surface area (Å²) in [7, 11) is 1.63. The molecule has 0 spiro atoms. The van der Waals surface area contributed by atoms with Crippen LogP contribution in [0.3, 0.4) is 0 Å². The Hall–Kier alpha value is -2.90. The highest BCUT2D eigenvalue weighted by atomic mass is 32.1. The molecule has 7 heteroatoms. The number of rotatable bonds is 4. The van der Waals surface area contributed by atoms with Gasteiger partial charge in [0, 0.05) is 12.6 Å². The molecule has 4 rings (SSSR count). The summed E-state index contributed by atoms with van der Waals surface area (Å²) in [4.78, 5) is 17.7. The highest BCUT2D eigenvalue weighted by Gasteiger charge is 2.26. The fourth-order valence-electron chi connectivity index (χ4n) is 3.53. The number of nitrogens with zero attached hydrogens (tertiary/aromatic N) is 2. The van der Waals surface area contributed by atoms with Crippen molar-refractivity contribution in [3.05, 3.63) is 80.8 Å². The lowest BCUT2D eigenvalue weighted by molar-refractivity contribution is 0.207. The van der Waals surface area contributed by atoms with Gasteiger partial charge in [-0.3, -0.25) is 19.2 Å². The van der Waals surface area contributed by atoms with Gasteiger partial charge < -0.3 is 10.1 Å². The minimum absolute atomic E-state index is 0.151. The van der Waals surface area contributed by atoms with Gasteiger partial charge in [0.15, 0.2) is 4.77 Å². The highest BCUT2D eigenvalue weighted by molar-refractivity contribution is 7.71. The van der Waals surface area contributed by atoms with E-state index in [-0.39, 0.29) is 11.6 Å². The second-order valence-electron chi connectivity index (χ2n) is 6.79. The molecular formula is C21H22N4O2S. The molecule has 0 saturated heterocycles. The Bertz CT molecular complexity index is 1090. The molecule has 1 aliphatic heterocycles. The van der Waals surface area contributed by atoms with E-state index in [1.807, 2.05) is 47.0 Å². The maximum atomic E-state index is 12.7. The first-order valence-electron chi connectivity index (χ1n) is 9.14. The summed E-state index contributed by atoms with van der Waals surface area (Å²) in [6.45, 7) is 3.31. The molecule has 1 aliphatic rings. The van der Waals surface area contributed by atoms with Crippen LogP contribution in [0.5, 0.6) is 5.75 Å². The fraction of sp³-hybridized carbons (Fsp3) is 0.238. The second-order valence-corrected chi connectivity index (χ2v) is 7.17. The zero-order chi connectivity index (χ0) is 19.7. The molecule has 6 nitrogen and oxygen atoms in total. The van der Waals surface area contributed by atoms with Crippen molar-refractivity contribution < 1.29 is 4.74 Å². The first-order chi connectivity index (χ1) is 13.6. The van der Waals surface area contributed by atoms with E-state index in [4.69, 9.17) is 17.0 Å². The van der Waals surface area contributed by atoms with Crippen LogP contribution in [0.1, 0.15) is 24.1 Å². The van der Waals surface area contributed by atoms with Gasteiger partial charge in [0.05, 0.1) is 25.0 Å². The van der Waals surface area contributed by atoms with Crippen molar-refractivity contribution in [2.45, 2.75) is 19.5 Å². The van der Waals surface area contributed by atoms with Gasteiger partial charge in [-0.2, -0.15) is 0 Å². The van der Waals surface area contributed by atoms with Crippen molar-refractivity contribution in [1.29, 1.82) is 0 Å². The van der Waals surface area contributed by atoms with Crippen LogP contribution >= 0.6 is 12.2 Å².